The van der Waals surface area contributed by atoms with Crippen molar-refractivity contribution in [1.29, 1.82) is 0 Å². The van der Waals surface area contributed by atoms with Gasteiger partial charge in [-0.15, -0.1) is 0 Å². The maximum Gasteiger partial charge on any atom is 0.240 e. The minimum Gasteiger partial charge on any atom is -0.497 e. The molecule has 26 heavy (non-hydrogen) atoms. The number of rotatable bonds is 8. The second kappa shape index (κ2) is 8.68. The molecule has 0 bridgehead atoms. The van der Waals surface area contributed by atoms with Gasteiger partial charge in [0.1, 0.15) is 11.5 Å². The molecule has 0 aliphatic carbocycles. The quantitative estimate of drug-likeness (QED) is 0.734. The van der Waals surface area contributed by atoms with Crippen molar-refractivity contribution in [2.45, 2.75) is 17.7 Å². The smallest absolute Gasteiger partial charge is 0.240 e. The average molecular weight is 378 g/mol. The largest absolute Gasteiger partial charge is 0.497 e. The summed E-state index contributed by atoms with van der Waals surface area (Å²) in [5, 5.41) is 2.80. The molecule has 0 saturated heterocycles. The molecule has 0 radical (unpaired) electrons. The van der Waals surface area contributed by atoms with E-state index in [0.717, 1.165) is 5.56 Å². The number of aryl methyl sites for hydroxylation is 1. The fraction of sp³-hybridized carbons (Fsp3) is 0.278. The van der Waals surface area contributed by atoms with E-state index in [4.69, 9.17) is 9.47 Å². The number of sulfonamides is 1. The first-order chi connectivity index (χ1) is 12.4. The second-order valence-corrected chi connectivity index (χ2v) is 7.35. The molecular weight excluding hydrogens is 356 g/mol. The van der Waals surface area contributed by atoms with Crippen LogP contribution in [0.15, 0.2) is 47.4 Å². The Bertz CT molecular complexity index is 864. The van der Waals surface area contributed by atoms with Crippen molar-refractivity contribution in [3.8, 4) is 11.5 Å². The van der Waals surface area contributed by atoms with Crippen LogP contribution in [-0.2, 0) is 21.2 Å². The molecule has 1 amide bonds. The van der Waals surface area contributed by atoms with Crippen LogP contribution in [0, 0.1) is 0 Å². The molecule has 0 unspecified atom stereocenters. The lowest BCUT2D eigenvalue weighted by Crippen LogP contribution is -2.18. The molecule has 2 N–H and O–H groups in total. The van der Waals surface area contributed by atoms with Gasteiger partial charge in [-0.3, -0.25) is 4.79 Å². The van der Waals surface area contributed by atoms with Crippen LogP contribution < -0.4 is 19.5 Å². The Kier molecular flexibility index (Phi) is 6.59. The number of hydrogen-bond acceptors (Lipinski definition) is 5. The highest BCUT2D eigenvalue weighted by molar-refractivity contribution is 7.89. The monoisotopic (exact) mass is 378 g/mol. The number of ether oxygens (including phenoxy) is 2. The van der Waals surface area contributed by atoms with E-state index in [-0.39, 0.29) is 17.2 Å². The summed E-state index contributed by atoms with van der Waals surface area (Å²) in [6.07, 6.45) is 0.748. The summed E-state index contributed by atoms with van der Waals surface area (Å²) in [6, 6.07) is 11.6. The van der Waals surface area contributed by atoms with Crippen LogP contribution in [-0.4, -0.2) is 35.6 Å². The molecular formula is C18H22N2O5S. The van der Waals surface area contributed by atoms with Gasteiger partial charge in [0.15, 0.2) is 0 Å². The van der Waals surface area contributed by atoms with Crippen molar-refractivity contribution in [3.05, 3.63) is 48.0 Å². The molecule has 2 aromatic rings. The third kappa shape index (κ3) is 4.96. The first-order valence-corrected chi connectivity index (χ1v) is 9.42. The standard InChI is InChI=1S/C18H22N2O5S/c1-19-26(22,23)15-8-4-13(5-9-15)6-11-18(21)20-16-10-7-14(24-2)12-17(16)25-3/h4-5,7-10,12,19H,6,11H2,1-3H3,(H,20,21). The van der Waals surface area contributed by atoms with E-state index in [1.807, 2.05) is 0 Å². The van der Waals surface area contributed by atoms with Gasteiger partial charge in [0.25, 0.3) is 0 Å². The predicted molar refractivity (Wildman–Crippen MR) is 99.2 cm³/mol. The molecule has 0 fully saturated rings. The molecule has 0 spiro atoms. The molecule has 0 aliphatic rings. The Hall–Kier alpha value is -2.58. The minimum absolute atomic E-state index is 0.166. The molecule has 0 atom stereocenters. The summed E-state index contributed by atoms with van der Waals surface area (Å²) in [4.78, 5) is 12.4. The predicted octanol–water partition coefficient (Wildman–Crippen LogP) is 2.18. The van der Waals surface area contributed by atoms with Crippen molar-refractivity contribution < 1.29 is 22.7 Å². The topological polar surface area (TPSA) is 93.7 Å². The Morgan fingerprint density at radius 3 is 2.31 bits per heavy atom. The van der Waals surface area contributed by atoms with Crippen LogP contribution >= 0.6 is 0 Å². The Morgan fingerprint density at radius 2 is 1.73 bits per heavy atom. The van der Waals surface area contributed by atoms with Gasteiger partial charge in [0, 0.05) is 12.5 Å². The molecule has 0 aliphatic heterocycles. The lowest BCUT2D eigenvalue weighted by molar-refractivity contribution is -0.116. The number of hydrogen-bond donors (Lipinski definition) is 2. The number of anilines is 1. The highest BCUT2D eigenvalue weighted by Crippen LogP contribution is 2.29. The third-order valence-corrected chi connectivity index (χ3v) is 5.26. The van der Waals surface area contributed by atoms with Crippen molar-refractivity contribution in [2.75, 3.05) is 26.6 Å². The lowest BCUT2D eigenvalue weighted by atomic mass is 10.1. The minimum atomic E-state index is -3.45. The lowest BCUT2D eigenvalue weighted by Gasteiger charge is -2.11. The summed E-state index contributed by atoms with van der Waals surface area (Å²) in [5.41, 5.74) is 1.44. The highest BCUT2D eigenvalue weighted by atomic mass is 32.2. The maximum atomic E-state index is 12.2. The van der Waals surface area contributed by atoms with Crippen LogP contribution in [0.3, 0.4) is 0 Å². The molecule has 140 valence electrons. The van der Waals surface area contributed by atoms with Crippen molar-refractivity contribution in [3.63, 3.8) is 0 Å². The summed E-state index contributed by atoms with van der Waals surface area (Å²) in [6.45, 7) is 0. The normalized spacial score (nSPS) is 11.0. The van der Waals surface area contributed by atoms with Gasteiger partial charge >= 0.3 is 0 Å². The van der Waals surface area contributed by atoms with Gasteiger partial charge in [-0.25, -0.2) is 13.1 Å². The summed E-state index contributed by atoms with van der Waals surface area (Å²) in [5.74, 6) is 0.983. The van der Waals surface area contributed by atoms with Gasteiger partial charge in [-0.2, -0.15) is 0 Å². The Balaban J connectivity index is 1.97. The van der Waals surface area contributed by atoms with Crippen LogP contribution in [0.5, 0.6) is 11.5 Å². The van der Waals surface area contributed by atoms with Crippen LogP contribution in [0.2, 0.25) is 0 Å². The number of methoxy groups -OCH3 is 2. The molecule has 8 heteroatoms. The van der Waals surface area contributed by atoms with Crippen LogP contribution in [0.25, 0.3) is 0 Å². The SMILES string of the molecule is CNS(=O)(=O)c1ccc(CCC(=O)Nc2ccc(OC)cc2OC)cc1. The number of nitrogens with one attached hydrogen (secondary N) is 2. The first kappa shape index (κ1) is 19.7. The van der Waals surface area contributed by atoms with Gasteiger partial charge < -0.3 is 14.8 Å². The van der Waals surface area contributed by atoms with E-state index in [0.29, 0.717) is 23.6 Å². The summed E-state index contributed by atoms with van der Waals surface area (Å²) in [7, 11) is 0.983. The van der Waals surface area contributed by atoms with E-state index in [2.05, 4.69) is 10.0 Å². The van der Waals surface area contributed by atoms with E-state index in [1.165, 1.54) is 26.3 Å². The van der Waals surface area contributed by atoms with Crippen LogP contribution in [0.4, 0.5) is 5.69 Å². The highest BCUT2D eigenvalue weighted by Gasteiger charge is 2.12. The fourth-order valence-corrected chi connectivity index (χ4v) is 3.06. The van der Waals surface area contributed by atoms with E-state index in [1.54, 1.807) is 37.4 Å². The first-order valence-electron chi connectivity index (χ1n) is 7.94. The second-order valence-electron chi connectivity index (χ2n) is 5.47. The van der Waals surface area contributed by atoms with Crippen molar-refractivity contribution in [1.82, 2.24) is 4.72 Å². The Labute approximate surface area is 153 Å². The molecule has 0 saturated carbocycles. The number of carbonyl (C=O) groups is 1. The zero-order valence-corrected chi connectivity index (χ0v) is 15.7. The molecule has 7 nitrogen and oxygen atoms in total. The molecule has 0 aromatic heterocycles. The van der Waals surface area contributed by atoms with Crippen molar-refractivity contribution in [2.24, 2.45) is 0 Å². The maximum absolute atomic E-state index is 12.2. The van der Waals surface area contributed by atoms with Gasteiger partial charge in [0.05, 0.1) is 24.8 Å². The van der Waals surface area contributed by atoms with E-state index in [9.17, 15) is 13.2 Å². The zero-order valence-electron chi connectivity index (χ0n) is 14.9. The summed E-state index contributed by atoms with van der Waals surface area (Å²) >= 11 is 0. The van der Waals surface area contributed by atoms with Crippen molar-refractivity contribution >= 4 is 21.6 Å². The fourth-order valence-electron chi connectivity index (χ4n) is 2.33. The average Bonchev–Trinajstić information content (AvgIpc) is 2.67. The van der Waals surface area contributed by atoms with E-state index < -0.39 is 10.0 Å². The third-order valence-electron chi connectivity index (χ3n) is 3.83. The zero-order chi connectivity index (χ0) is 19.2. The molecule has 2 aromatic carbocycles. The van der Waals surface area contributed by atoms with Gasteiger partial charge in [-0.1, -0.05) is 12.1 Å². The summed E-state index contributed by atoms with van der Waals surface area (Å²) < 4.78 is 36.0. The van der Waals surface area contributed by atoms with Gasteiger partial charge in [0.2, 0.25) is 15.9 Å². The number of carbonyl (C=O) groups excluding carboxylic acids is 1. The Morgan fingerprint density at radius 1 is 1.04 bits per heavy atom. The van der Waals surface area contributed by atoms with Gasteiger partial charge in [-0.05, 0) is 43.3 Å². The molecule has 2 rings (SSSR count). The molecule has 0 heterocycles. The number of amides is 1. The van der Waals surface area contributed by atoms with E-state index >= 15 is 0 Å². The van der Waals surface area contributed by atoms with Crippen LogP contribution in [0.1, 0.15) is 12.0 Å². The number of benzene rings is 2.